The number of rotatable bonds is 8. The van der Waals surface area contributed by atoms with Crippen molar-refractivity contribution in [1.82, 2.24) is 10.6 Å². The molecule has 0 spiro atoms. The molecule has 0 aromatic heterocycles. The van der Waals surface area contributed by atoms with Crippen molar-refractivity contribution in [2.75, 3.05) is 6.54 Å². The van der Waals surface area contributed by atoms with Crippen LogP contribution in [0.2, 0.25) is 0 Å². The van der Waals surface area contributed by atoms with E-state index in [0.29, 0.717) is 19.4 Å². The number of urea groups is 1. The van der Waals surface area contributed by atoms with Crippen LogP contribution in [-0.2, 0) is 4.79 Å². The standard InChI is InChI=1S/C11H20N2O3/c1-3-5-7-9(10(14)15)13-11(16)12-8-6-4-2/h4,9H,2-3,5-8H2,1H3,(H,14,15)(H2,12,13,16). The Labute approximate surface area is 95.9 Å². The normalized spacial score (nSPS) is 11.6. The van der Waals surface area contributed by atoms with E-state index in [1.807, 2.05) is 6.92 Å². The maximum absolute atomic E-state index is 11.3. The van der Waals surface area contributed by atoms with Crippen molar-refractivity contribution < 1.29 is 14.7 Å². The SMILES string of the molecule is C=CCCNC(=O)NC(CCCC)C(=O)O. The highest BCUT2D eigenvalue weighted by atomic mass is 16.4. The van der Waals surface area contributed by atoms with Gasteiger partial charge in [-0.05, 0) is 12.8 Å². The molecule has 0 aliphatic heterocycles. The van der Waals surface area contributed by atoms with Crippen molar-refractivity contribution in [3.63, 3.8) is 0 Å². The fourth-order valence-corrected chi connectivity index (χ4v) is 1.16. The number of carbonyl (C=O) groups excluding carboxylic acids is 1. The summed E-state index contributed by atoms with van der Waals surface area (Å²) in [6.07, 6.45) is 4.50. The number of carbonyl (C=O) groups is 2. The van der Waals surface area contributed by atoms with Gasteiger partial charge in [0.1, 0.15) is 6.04 Å². The third-order valence-electron chi connectivity index (χ3n) is 2.08. The van der Waals surface area contributed by atoms with Crippen molar-refractivity contribution in [1.29, 1.82) is 0 Å². The maximum Gasteiger partial charge on any atom is 0.326 e. The molecular weight excluding hydrogens is 208 g/mol. The second-order valence-corrected chi connectivity index (χ2v) is 3.51. The number of unbranched alkanes of at least 4 members (excludes halogenated alkanes) is 1. The van der Waals surface area contributed by atoms with Crippen molar-refractivity contribution in [3.8, 4) is 0 Å². The van der Waals surface area contributed by atoms with E-state index < -0.39 is 18.0 Å². The fourth-order valence-electron chi connectivity index (χ4n) is 1.16. The summed E-state index contributed by atoms with van der Waals surface area (Å²) in [5, 5.41) is 13.8. The van der Waals surface area contributed by atoms with Gasteiger partial charge < -0.3 is 15.7 Å². The summed E-state index contributed by atoms with van der Waals surface area (Å²) in [5.74, 6) is -0.993. The first-order valence-corrected chi connectivity index (χ1v) is 5.49. The zero-order chi connectivity index (χ0) is 12.4. The fraction of sp³-hybridized carbons (Fsp3) is 0.636. The summed E-state index contributed by atoms with van der Waals surface area (Å²) in [6, 6.07) is -1.24. The summed E-state index contributed by atoms with van der Waals surface area (Å²) in [7, 11) is 0. The summed E-state index contributed by atoms with van der Waals surface area (Å²) < 4.78 is 0. The van der Waals surface area contributed by atoms with Crippen LogP contribution in [0.3, 0.4) is 0 Å². The molecule has 0 saturated heterocycles. The lowest BCUT2D eigenvalue weighted by Crippen LogP contribution is -2.46. The third kappa shape index (κ3) is 6.86. The van der Waals surface area contributed by atoms with Gasteiger partial charge in [-0.25, -0.2) is 9.59 Å². The molecule has 1 unspecified atom stereocenters. The van der Waals surface area contributed by atoms with E-state index in [0.717, 1.165) is 12.8 Å². The molecule has 0 saturated carbocycles. The molecule has 0 bridgehead atoms. The molecule has 0 aliphatic rings. The van der Waals surface area contributed by atoms with Crippen molar-refractivity contribution >= 4 is 12.0 Å². The van der Waals surface area contributed by atoms with E-state index in [9.17, 15) is 9.59 Å². The largest absolute Gasteiger partial charge is 0.480 e. The van der Waals surface area contributed by atoms with Crippen LogP contribution in [-0.4, -0.2) is 29.7 Å². The van der Waals surface area contributed by atoms with Crippen LogP contribution in [0.5, 0.6) is 0 Å². The number of hydrogen-bond acceptors (Lipinski definition) is 2. The topological polar surface area (TPSA) is 78.4 Å². The minimum absolute atomic E-state index is 0.439. The van der Waals surface area contributed by atoms with Crippen LogP contribution in [0.1, 0.15) is 32.6 Å². The lowest BCUT2D eigenvalue weighted by atomic mass is 10.1. The molecule has 5 heteroatoms. The zero-order valence-electron chi connectivity index (χ0n) is 9.66. The van der Waals surface area contributed by atoms with Gasteiger partial charge in [0.05, 0.1) is 0 Å². The highest BCUT2D eigenvalue weighted by Crippen LogP contribution is 2.00. The van der Waals surface area contributed by atoms with E-state index in [1.54, 1.807) is 6.08 Å². The first-order valence-electron chi connectivity index (χ1n) is 5.49. The Morgan fingerprint density at radius 1 is 1.50 bits per heavy atom. The van der Waals surface area contributed by atoms with Gasteiger partial charge in [-0.3, -0.25) is 0 Å². The quantitative estimate of drug-likeness (QED) is 0.435. The van der Waals surface area contributed by atoms with Crippen LogP contribution in [0.25, 0.3) is 0 Å². The van der Waals surface area contributed by atoms with Crippen LogP contribution in [0.15, 0.2) is 12.7 Å². The Morgan fingerprint density at radius 2 is 2.19 bits per heavy atom. The van der Waals surface area contributed by atoms with Crippen molar-refractivity contribution in [2.45, 2.75) is 38.6 Å². The predicted octanol–water partition coefficient (Wildman–Crippen LogP) is 1.51. The molecule has 0 heterocycles. The maximum atomic E-state index is 11.3. The van der Waals surface area contributed by atoms with Crippen LogP contribution in [0, 0.1) is 0 Å². The number of carboxylic acid groups (broad SMARTS) is 1. The van der Waals surface area contributed by atoms with Gasteiger partial charge in [0.25, 0.3) is 0 Å². The van der Waals surface area contributed by atoms with Gasteiger partial charge in [-0.1, -0.05) is 25.8 Å². The molecule has 0 aromatic rings. The van der Waals surface area contributed by atoms with Gasteiger partial charge in [0.2, 0.25) is 0 Å². The number of hydrogen-bond donors (Lipinski definition) is 3. The van der Waals surface area contributed by atoms with Gasteiger partial charge in [0, 0.05) is 6.54 Å². The van der Waals surface area contributed by atoms with Gasteiger partial charge in [-0.2, -0.15) is 0 Å². The molecule has 3 N–H and O–H groups in total. The Kier molecular flexibility index (Phi) is 7.93. The minimum atomic E-state index is -0.993. The second kappa shape index (κ2) is 8.76. The summed E-state index contributed by atoms with van der Waals surface area (Å²) in [4.78, 5) is 22.1. The molecule has 0 radical (unpaired) electrons. The van der Waals surface area contributed by atoms with E-state index in [2.05, 4.69) is 17.2 Å². The first-order chi connectivity index (χ1) is 7.61. The van der Waals surface area contributed by atoms with Crippen LogP contribution < -0.4 is 10.6 Å². The number of amides is 2. The first kappa shape index (κ1) is 14.5. The Balaban J connectivity index is 3.92. The molecule has 0 aliphatic carbocycles. The molecule has 2 amide bonds. The Morgan fingerprint density at radius 3 is 2.69 bits per heavy atom. The van der Waals surface area contributed by atoms with Crippen LogP contribution >= 0.6 is 0 Å². The highest BCUT2D eigenvalue weighted by Gasteiger charge is 2.18. The molecule has 0 rings (SSSR count). The summed E-state index contributed by atoms with van der Waals surface area (Å²) in [5.41, 5.74) is 0. The Bertz CT molecular complexity index is 241. The second-order valence-electron chi connectivity index (χ2n) is 3.51. The predicted molar refractivity (Wildman–Crippen MR) is 62.3 cm³/mol. The van der Waals surface area contributed by atoms with E-state index in [1.165, 1.54) is 0 Å². The molecule has 92 valence electrons. The molecule has 0 aromatic carbocycles. The Hall–Kier alpha value is -1.52. The average molecular weight is 228 g/mol. The zero-order valence-corrected chi connectivity index (χ0v) is 9.66. The molecule has 5 nitrogen and oxygen atoms in total. The van der Waals surface area contributed by atoms with Gasteiger partial charge in [0.15, 0.2) is 0 Å². The third-order valence-corrected chi connectivity index (χ3v) is 2.08. The van der Waals surface area contributed by atoms with Crippen molar-refractivity contribution in [2.24, 2.45) is 0 Å². The van der Waals surface area contributed by atoms with Crippen LogP contribution in [0.4, 0.5) is 4.79 Å². The monoisotopic (exact) mass is 228 g/mol. The molecular formula is C11H20N2O3. The number of aliphatic carboxylic acids is 1. The van der Waals surface area contributed by atoms with E-state index in [4.69, 9.17) is 5.11 Å². The lowest BCUT2D eigenvalue weighted by Gasteiger charge is -2.14. The summed E-state index contributed by atoms with van der Waals surface area (Å²) in [6.45, 7) is 5.96. The smallest absolute Gasteiger partial charge is 0.326 e. The average Bonchev–Trinajstić information content (AvgIpc) is 2.24. The van der Waals surface area contributed by atoms with E-state index >= 15 is 0 Å². The van der Waals surface area contributed by atoms with Crippen molar-refractivity contribution in [3.05, 3.63) is 12.7 Å². The van der Waals surface area contributed by atoms with E-state index in [-0.39, 0.29) is 0 Å². The lowest BCUT2D eigenvalue weighted by molar-refractivity contribution is -0.139. The van der Waals surface area contributed by atoms with Gasteiger partial charge in [-0.15, -0.1) is 6.58 Å². The molecule has 16 heavy (non-hydrogen) atoms. The molecule has 0 fully saturated rings. The highest BCUT2D eigenvalue weighted by molar-refractivity contribution is 5.82. The minimum Gasteiger partial charge on any atom is -0.480 e. The van der Waals surface area contributed by atoms with Gasteiger partial charge >= 0.3 is 12.0 Å². The molecule has 1 atom stereocenters. The summed E-state index contributed by atoms with van der Waals surface area (Å²) >= 11 is 0. The number of nitrogens with one attached hydrogen (secondary N) is 2. The number of carboxylic acids is 1.